The van der Waals surface area contributed by atoms with Gasteiger partial charge in [0.05, 0.1) is 11.6 Å². The minimum absolute atomic E-state index is 0.291. The molecule has 3 heteroatoms. The molecule has 0 aromatic rings. The van der Waals surface area contributed by atoms with E-state index in [1.54, 1.807) is 19.1 Å². The van der Waals surface area contributed by atoms with E-state index < -0.39 is 5.60 Å². The molecule has 0 spiro atoms. The van der Waals surface area contributed by atoms with Crippen molar-refractivity contribution in [1.29, 1.82) is 5.26 Å². The highest BCUT2D eigenvalue weighted by Gasteiger charge is 2.46. The highest BCUT2D eigenvalue weighted by molar-refractivity contribution is 5.77. The Morgan fingerprint density at radius 1 is 1.83 bits per heavy atom. The summed E-state index contributed by atoms with van der Waals surface area (Å²) in [7, 11) is 0. The second-order valence-electron chi connectivity index (χ2n) is 2.96. The van der Waals surface area contributed by atoms with Crippen molar-refractivity contribution in [3.63, 3.8) is 0 Å². The zero-order chi connectivity index (χ0) is 8.77. The van der Waals surface area contributed by atoms with E-state index in [9.17, 15) is 4.79 Å². The van der Waals surface area contributed by atoms with Gasteiger partial charge in [-0.05, 0) is 18.6 Å². The summed E-state index contributed by atoms with van der Waals surface area (Å²) in [5.74, 6) is 0. The van der Waals surface area contributed by atoms with Gasteiger partial charge >= 0.3 is 0 Å². The molecule has 2 atom stereocenters. The SMILES string of the molecule is CC1=C(C#N)C2C=CC1(C=O)O2. The van der Waals surface area contributed by atoms with Gasteiger partial charge in [-0.15, -0.1) is 0 Å². The van der Waals surface area contributed by atoms with Crippen molar-refractivity contribution >= 4 is 6.29 Å². The number of aldehydes is 1. The molecule has 2 aliphatic heterocycles. The van der Waals surface area contributed by atoms with E-state index in [4.69, 9.17) is 10.00 Å². The monoisotopic (exact) mass is 161 g/mol. The molecule has 2 unspecified atom stereocenters. The van der Waals surface area contributed by atoms with Crippen LogP contribution in [0, 0.1) is 11.3 Å². The Balaban J connectivity index is 2.55. The number of nitrogens with zero attached hydrogens (tertiary/aromatic N) is 1. The number of fused-ring (bicyclic) bond motifs is 2. The molecule has 2 bridgehead atoms. The summed E-state index contributed by atoms with van der Waals surface area (Å²) in [6.07, 6.45) is 3.91. The lowest BCUT2D eigenvalue weighted by Crippen LogP contribution is -2.27. The Labute approximate surface area is 69.9 Å². The van der Waals surface area contributed by atoms with Crippen molar-refractivity contribution in [2.75, 3.05) is 0 Å². The van der Waals surface area contributed by atoms with Crippen molar-refractivity contribution in [2.45, 2.75) is 18.6 Å². The summed E-state index contributed by atoms with van der Waals surface area (Å²) < 4.78 is 5.35. The molecule has 12 heavy (non-hydrogen) atoms. The first-order chi connectivity index (χ1) is 5.73. The quantitative estimate of drug-likeness (QED) is 0.421. The third kappa shape index (κ3) is 0.607. The number of hydrogen-bond acceptors (Lipinski definition) is 3. The Kier molecular flexibility index (Phi) is 1.24. The normalized spacial score (nSPS) is 37.2. The fourth-order valence-corrected chi connectivity index (χ4v) is 1.61. The fourth-order valence-electron chi connectivity index (χ4n) is 1.61. The van der Waals surface area contributed by atoms with E-state index >= 15 is 0 Å². The Morgan fingerprint density at radius 3 is 3.00 bits per heavy atom. The summed E-state index contributed by atoms with van der Waals surface area (Å²) in [6.45, 7) is 1.76. The average Bonchev–Trinajstić information content (AvgIpc) is 2.61. The summed E-state index contributed by atoms with van der Waals surface area (Å²) in [6, 6.07) is 2.05. The van der Waals surface area contributed by atoms with Gasteiger partial charge in [0, 0.05) is 0 Å². The highest BCUT2D eigenvalue weighted by Crippen LogP contribution is 2.40. The average molecular weight is 161 g/mol. The molecule has 0 saturated heterocycles. The van der Waals surface area contributed by atoms with E-state index in [1.165, 1.54) is 0 Å². The van der Waals surface area contributed by atoms with Crippen LogP contribution in [0.1, 0.15) is 6.92 Å². The van der Waals surface area contributed by atoms with Crippen molar-refractivity contribution in [2.24, 2.45) is 0 Å². The lowest BCUT2D eigenvalue weighted by atomic mass is 9.90. The fraction of sp³-hybridized carbons (Fsp3) is 0.333. The lowest BCUT2D eigenvalue weighted by molar-refractivity contribution is -0.119. The summed E-state index contributed by atoms with van der Waals surface area (Å²) in [4.78, 5) is 10.7. The van der Waals surface area contributed by atoms with Gasteiger partial charge in [-0.25, -0.2) is 0 Å². The first kappa shape index (κ1) is 7.26. The molecule has 0 saturated carbocycles. The highest BCUT2D eigenvalue weighted by atomic mass is 16.5. The van der Waals surface area contributed by atoms with Gasteiger partial charge in [0.25, 0.3) is 0 Å². The number of hydrogen-bond donors (Lipinski definition) is 0. The number of nitriles is 1. The predicted octanol–water partition coefficient (Wildman–Crippen LogP) is 0.733. The Hall–Kier alpha value is -1.40. The molecule has 0 N–H and O–H groups in total. The van der Waals surface area contributed by atoms with E-state index in [0.29, 0.717) is 5.57 Å². The first-order valence-electron chi connectivity index (χ1n) is 3.68. The van der Waals surface area contributed by atoms with Gasteiger partial charge in [-0.2, -0.15) is 5.26 Å². The molecule has 0 fully saturated rings. The number of rotatable bonds is 1. The molecule has 2 aliphatic rings. The van der Waals surface area contributed by atoms with E-state index in [2.05, 4.69) is 0 Å². The third-order valence-corrected chi connectivity index (χ3v) is 2.41. The molecule has 0 aromatic heterocycles. The van der Waals surface area contributed by atoms with Crippen LogP contribution in [0.25, 0.3) is 0 Å². The van der Waals surface area contributed by atoms with Crippen molar-refractivity contribution in [3.8, 4) is 6.07 Å². The Bertz CT molecular complexity index is 348. The first-order valence-corrected chi connectivity index (χ1v) is 3.68. The molecule has 0 aromatic carbocycles. The van der Waals surface area contributed by atoms with Crippen LogP contribution in [0.4, 0.5) is 0 Å². The van der Waals surface area contributed by atoms with Crippen LogP contribution < -0.4 is 0 Å². The minimum Gasteiger partial charge on any atom is -0.346 e. The van der Waals surface area contributed by atoms with Crippen LogP contribution in [0.5, 0.6) is 0 Å². The van der Waals surface area contributed by atoms with E-state index in [-0.39, 0.29) is 6.10 Å². The second kappa shape index (κ2) is 2.05. The summed E-state index contributed by atoms with van der Waals surface area (Å²) in [5.41, 5.74) is 0.382. The van der Waals surface area contributed by atoms with Crippen LogP contribution in [0.3, 0.4) is 0 Å². The second-order valence-corrected chi connectivity index (χ2v) is 2.96. The van der Waals surface area contributed by atoms with Crippen molar-refractivity contribution in [1.82, 2.24) is 0 Å². The van der Waals surface area contributed by atoms with Crippen LogP contribution >= 0.6 is 0 Å². The topological polar surface area (TPSA) is 50.1 Å². The minimum atomic E-state index is -0.921. The van der Waals surface area contributed by atoms with Gasteiger partial charge in [0.2, 0.25) is 0 Å². The standard InChI is InChI=1S/C9H7NO2/c1-6-7(4-10)8-2-3-9(6,5-11)12-8/h2-3,5,8H,1H3. The maximum absolute atomic E-state index is 10.7. The number of carbonyl (C=O) groups is 1. The van der Waals surface area contributed by atoms with Crippen molar-refractivity contribution < 1.29 is 9.53 Å². The number of ether oxygens (including phenoxy) is 1. The van der Waals surface area contributed by atoms with Crippen molar-refractivity contribution in [3.05, 3.63) is 23.3 Å². The molecule has 0 aliphatic carbocycles. The molecule has 2 rings (SSSR count). The maximum atomic E-state index is 10.7. The number of carbonyl (C=O) groups excluding carboxylic acids is 1. The molecule has 60 valence electrons. The molecule has 0 radical (unpaired) electrons. The van der Waals surface area contributed by atoms with Gasteiger partial charge in [-0.1, -0.05) is 6.08 Å². The van der Waals surface area contributed by atoms with Crippen LogP contribution in [0.2, 0.25) is 0 Å². The molecule has 2 heterocycles. The maximum Gasteiger partial charge on any atom is 0.165 e. The molecular weight excluding hydrogens is 154 g/mol. The van der Waals surface area contributed by atoms with Gasteiger partial charge in [-0.3, -0.25) is 4.79 Å². The lowest BCUT2D eigenvalue weighted by Gasteiger charge is -2.15. The van der Waals surface area contributed by atoms with Gasteiger partial charge in [0.15, 0.2) is 11.9 Å². The zero-order valence-electron chi connectivity index (χ0n) is 6.57. The van der Waals surface area contributed by atoms with Crippen LogP contribution in [0.15, 0.2) is 23.3 Å². The molecule has 0 amide bonds. The van der Waals surface area contributed by atoms with Gasteiger partial charge in [0.1, 0.15) is 6.10 Å². The predicted molar refractivity (Wildman–Crippen MR) is 41.1 cm³/mol. The molecule has 3 nitrogen and oxygen atoms in total. The van der Waals surface area contributed by atoms with Crippen LogP contribution in [-0.4, -0.2) is 18.0 Å². The van der Waals surface area contributed by atoms with Crippen LogP contribution in [-0.2, 0) is 9.53 Å². The molecular formula is C9H7NO2. The summed E-state index contributed by atoms with van der Waals surface area (Å²) in [5, 5.41) is 8.73. The summed E-state index contributed by atoms with van der Waals surface area (Å²) >= 11 is 0. The van der Waals surface area contributed by atoms with Gasteiger partial charge < -0.3 is 4.74 Å². The van der Waals surface area contributed by atoms with E-state index in [1.807, 2.05) is 6.07 Å². The smallest absolute Gasteiger partial charge is 0.165 e. The van der Waals surface area contributed by atoms with E-state index in [0.717, 1.165) is 11.9 Å². The Morgan fingerprint density at radius 2 is 2.58 bits per heavy atom. The zero-order valence-corrected chi connectivity index (χ0v) is 6.57. The third-order valence-electron chi connectivity index (χ3n) is 2.41. The largest absolute Gasteiger partial charge is 0.346 e.